The number of piperidine rings is 1. The second-order valence-electron chi connectivity index (χ2n) is 8.97. The Morgan fingerprint density at radius 1 is 1.17 bits per heavy atom. The monoisotopic (exact) mass is 401 g/mol. The number of ether oxygens (including phenoxy) is 3. The topological polar surface area (TPSA) is 48.0 Å². The lowest BCUT2D eigenvalue weighted by Gasteiger charge is -2.58. The summed E-state index contributed by atoms with van der Waals surface area (Å²) in [5.41, 5.74) is 3.17. The van der Waals surface area contributed by atoms with Gasteiger partial charge in [-0.3, -0.25) is 0 Å². The number of nitrogens with zero attached hydrogens (tertiary/aromatic N) is 1. The number of likely N-dealkylation sites (tertiary alicyclic amines) is 1. The normalized spacial score (nSPS) is 28.5. The number of rotatable bonds is 8. The maximum Gasteiger partial charge on any atom is 0.337 e. The van der Waals surface area contributed by atoms with E-state index in [2.05, 4.69) is 31.0 Å². The van der Waals surface area contributed by atoms with E-state index in [0.29, 0.717) is 25.0 Å². The predicted molar refractivity (Wildman–Crippen MR) is 112 cm³/mol. The van der Waals surface area contributed by atoms with Crippen molar-refractivity contribution >= 4 is 5.97 Å². The van der Waals surface area contributed by atoms with Gasteiger partial charge in [-0.25, -0.2) is 4.79 Å². The number of carbonyl (C=O) groups is 1. The molecule has 0 aromatic heterocycles. The third-order valence-corrected chi connectivity index (χ3v) is 7.26. The minimum absolute atomic E-state index is 0.0345. The van der Waals surface area contributed by atoms with Gasteiger partial charge in [0.15, 0.2) is 0 Å². The molecule has 3 atom stereocenters. The van der Waals surface area contributed by atoms with Gasteiger partial charge in [0.1, 0.15) is 12.4 Å². The number of benzene rings is 1. The lowest BCUT2D eigenvalue weighted by molar-refractivity contribution is -0.140. The van der Waals surface area contributed by atoms with Crippen molar-refractivity contribution in [3.63, 3.8) is 0 Å². The maximum absolute atomic E-state index is 12.2. The molecule has 0 radical (unpaired) electrons. The lowest BCUT2D eigenvalue weighted by atomic mass is 9.52. The molecular weight excluding hydrogens is 366 g/mol. The molecule has 2 fully saturated rings. The Balaban J connectivity index is 1.43. The quantitative estimate of drug-likeness (QED) is 0.377. The molecular formula is C24H35NO4. The van der Waals surface area contributed by atoms with E-state index in [-0.39, 0.29) is 18.0 Å². The molecule has 1 aromatic rings. The Bertz CT molecular complexity index is 721. The first-order valence-electron chi connectivity index (χ1n) is 11.3. The molecule has 0 unspecified atom stereocenters. The van der Waals surface area contributed by atoms with Crippen LogP contribution in [-0.4, -0.2) is 56.9 Å². The Kier molecular flexibility index (Phi) is 6.57. The number of carbonyl (C=O) groups excluding carboxylic acids is 1. The van der Waals surface area contributed by atoms with Crippen LogP contribution in [0.3, 0.4) is 0 Å². The largest absolute Gasteiger partial charge is 0.425 e. The van der Waals surface area contributed by atoms with E-state index in [1.54, 1.807) is 0 Å². The molecule has 29 heavy (non-hydrogen) atoms. The van der Waals surface area contributed by atoms with Gasteiger partial charge >= 0.3 is 5.97 Å². The van der Waals surface area contributed by atoms with Gasteiger partial charge in [0.05, 0.1) is 13.2 Å². The first-order chi connectivity index (χ1) is 14.1. The third-order valence-electron chi connectivity index (χ3n) is 7.26. The molecule has 1 saturated carbocycles. The number of esters is 1. The van der Waals surface area contributed by atoms with Gasteiger partial charge in [0, 0.05) is 18.1 Å². The maximum atomic E-state index is 12.2. The summed E-state index contributed by atoms with van der Waals surface area (Å²) in [6.07, 6.45) is 8.58. The van der Waals surface area contributed by atoms with Crippen molar-refractivity contribution in [1.29, 1.82) is 0 Å². The predicted octanol–water partition coefficient (Wildman–Crippen LogP) is 3.72. The molecule has 1 aromatic carbocycles. The highest BCUT2D eigenvalue weighted by molar-refractivity contribution is 5.73. The third kappa shape index (κ3) is 4.23. The zero-order chi connectivity index (χ0) is 20.3. The zero-order valence-electron chi connectivity index (χ0n) is 18.0. The van der Waals surface area contributed by atoms with Gasteiger partial charge in [0.25, 0.3) is 0 Å². The molecule has 1 heterocycles. The van der Waals surface area contributed by atoms with E-state index in [4.69, 9.17) is 14.2 Å². The highest BCUT2D eigenvalue weighted by atomic mass is 16.6. The zero-order valence-corrected chi connectivity index (χ0v) is 18.0. The van der Waals surface area contributed by atoms with E-state index in [0.717, 1.165) is 25.4 Å². The lowest BCUT2D eigenvalue weighted by Crippen LogP contribution is -2.59. The molecule has 160 valence electrons. The minimum Gasteiger partial charge on any atom is -0.425 e. The van der Waals surface area contributed by atoms with Crippen LogP contribution in [0.15, 0.2) is 18.2 Å². The standard InChI is InChI=1S/C24H35NO4/c1-3-12-27-13-14-28-17-23(26)29-19-8-7-18-15-22-20-6-4-5-9-24(20,21(18)16-19)10-11-25(22)2/h7-8,16,20,22H,3-6,9-15,17H2,1-2H3/t20-,22+,24+/m0/s1. The van der Waals surface area contributed by atoms with Crippen LogP contribution in [-0.2, 0) is 26.1 Å². The number of hydrogen-bond donors (Lipinski definition) is 0. The van der Waals surface area contributed by atoms with Gasteiger partial charge in [-0.15, -0.1) is 0 Å². The summed E-state index contributed by atoms with van der Waals surface area (Å²) in [7, 11) is 2.29. The number of likely N-dealkylation sites (N-methyl/N-ethyl adjacent to an activating group) is 1. The highest BCUT2D eigenvalue weighted by Gasteiger charge is 2.53. The second kappa shape index (κ2) is 9.15. The van der Waals surface area contributed by atoms with Crippen molar-refractivity contribution in [2.24, 2.45) is 5.92 Å². The van der Waals surface area contributed by atoms with Crippen LogP contribution in [0, 0.1) is 5.92 Å². The fraction of sp³-hybridized carbons (Fsp3) is 0.708. The fourth-order valence-corrected chi connectivity index (χ4v) is 5.92. The highest BCUT2D eigenvalue weighted by Crippen LogP contribution is 2.55. The molecule has 0 amide bonds. The van der Waals surface area contributed by atoms with E-state index in [9.17, 15) is 4.79 Å². The SMILES string of the molecule is CCCOCCOCC(=O)Oc1ccc2c(c1)[C@@]13CCCC[C@H]1[C@@H](C2)N(C)CC3. The molecule has 0 spiro atoms. The van der Waals surface area contributed by atoms with Crippen molar-refractivity contribution in [3.8, 4) is 5.75 Å². The van der Waals surface area contributed by atoms with Crippen LogP contribution in [0.2, 0.25) is 0 Å². The van der Waals surface area contributed by atoms with Crippen molar-refractivity contribution in [1.82, 2.24) is 4.90 Å². The molecule has 2 bridgehead atoms. The Morgan fingerprint density at radius 2 is 2.03 bits per heavy atom. The van der Waals surface area contributed by atoms with Crippen LogP contribution in [0.1, 0.15) is 56.6 Å². The van der Waals surface area contributed by atoms with Gasteiger partial charge in [-0.05, 0) is 74.9 Å². The van der Waals surface area contributed by atoms with Crippen molar-refractivity contribution in [2.45, 2.75) is 63.3 Å². The van der Waals surface area contributed by atoms with Gasteiger partial charge in [-0.2, -0.15) is 0 Å². The van der Waals surface area contributed by atoms with E-state index < -0.39 is 0 Å². The molecule has 1 saturated heterocycles. The van der Waals surface area contributed by atoms with Crippen LogP contribution >= 0.6 is 0 Å². The Labute approximate surface area is 174 Å². The summed E-state index contributed by atoms with van der Waals surface area (Å²) in [6.45, 7) is 4.85. The Hall–Kier alpha value is -1.43. The molecule has 2 aliphatic carbocycles. The average molecular weight is 402 g/mol. The fourth-order valence-electron chi connectivity index (χ4n) is 5.92. The van der Waals surface area contributed by atoms with Crippen molar-refractivity contribution in [2.75, 3.05) is 40.0 Å². The molecule has 1 aliphatic heterocycles. The molecule has 3 aliphatic rings. The minimum atomic E-state index is -0.338. The summed E-state index contributed by atoms with van der Waals surface area (Å²) in [5, 5.41) is 0. The van der Waals surface area contributed by atoms with Crippen molar-refractivity contribution < 1.29 is 19.0 Å². The first kappa shape index (κ1) is 20.8. The summed E-state index contributed by atoms with van der Waals surface area (Å²) >= 11 is 0. The molecule has 0 N–H and O–H groups in total. The van der Waals surface area contributed by atoms with E-state index in [1.807, 2.05) is 6.07 Å². The molecule has 5 heteroatoms. The first-order valence-corrected chi connectivity index (χ1v) is 11.3. The summed E-state index contributed by atoms with van der Waals surface area (Å²) in [6, 6.07) is 6.97. The van der Waals surface area contributed by atoms with Crippen LogP contribution in [0.25, 0.3) is 0 Å². The van der Waals surface area contributed by atoms with Crippen LogP contribution in [0.4, 0.5) is 0 Å². The summed E-state index contributed by atoms with van der Waals surface area (Å²) in [5.74, 6) is 1.06. The summed E-state index contributed by atoms with van der Waals surface area (Å²) in [4.78, 5) is 14.8. The second-order valence-corrected chi connectivity index (χ2v) is 8.97. The summed E-state index contributed by atoms with van der Waals surface area (Å²) < 4.78 is 16.4. The van der Waals surface area contributed by atoms with Gasteiger partial charge in [0.2, 0.25) is 0 Å². The Morgan fingerprint density at radius 3 is 2.90 bits per heavy atom. The van der Waals surface area contributed by atoms with Crippen LogP contribution < -0.4 is 4.74 Å². The molecule has 4 rings (SSSR count). The average Bonchev–Trinajstić information content (AvgIpc) is 2.73. The van der Waals surface area contributed by atoms with Gasteiger partial charge in [-0.1, -0.05) is 25.8 Å². The smallest absolute Gasteiger partial charge is 0.337 e. The van der Waals surface area contributed by atoms with E-state index >= 15 is 0 Å². The number of hydrogen-bond acceptors (Lipinski definition) is 5. The molecule has 5 nitrogen and oxygen atoms in total. The van der Waals surface area contributed by atoms with Gasteiger partial charge < -0.3 is 19.1 Å². The number of fused-ring (bicyclic) bond motifs is 1. The van der Waals surface area contributed by atoms with Crippen LogP contribution in [0.5, 0.6) is 5.75 Å². The van der Waals surface area contributed by atoms with E-state index in [1.165, 1.54) is 49.8 Å². The van der Waals surface area contributed by atoms with Crippen molar-refractivity contribution in [3.05, 3.63) is 29.3 Å².